The standard InChI is InChI=1S/C44H80N7O17P3S/c1-5-6-7-8-9-10-12-15-18-21-32(2)22-19-16-13-11-14-17-20-23-35(53)72-27-26-46-34(52)24-25-47-42(56)39(55)44(3,4)29-65-71(62,63)68-70(60,61)64-28-33-38(67-69(57,58)59)37(54)43(66-33)51-31-50-36-40(45)48-30-49-41(36)51/h30-33,37-39,43,54-55H,5-29H2,1-4H3,(H,46,52)(H,47,56)(H,60,61)(H,62,63)(H2,45,48,49)(H2,57,58,59). The molecule has 72 heavy (non-hydrogen) atoms. The second-order valence-electron chi connectivity index (χ2n) is 19.0. The number of aliphatic hydroxyl groups is 2. The molecule has 2 aromatic heterocycles. The molecule has 0 bridgehead atoms. The summed E-state index contributed by atoms with van der Waals surface area (Å²) in [4.78, 5) is 88.6. The van der Waals surface area contributed by atoms with Gasteiger partial charge in [0, 0.05) is 37.1 Å². The van der Waals surface area contributed by atoms with Gasteiger partial charge in [-0.15, -0.1) is 0 Å². The van der Waals surface area contributed by atoms with Crippen molar-refractivity contribution in [1.82, 2.24) is 30.2 Å². The number of hydrogen-bond acceptors (Lipinski definition) is 18. The molecule has 2 amide bonds. The number of phosphoric acid groups is 3. The van der Waals surface area contributed by atoms with Crippen LogP contribution in [0.4, 0.5) is 5.82 Å². The average Bonchev–Trinajstić information content (AvgIpc) is 3.87. The van der Waals surface area contributed by atoms with Crippen LogP contribution < -0.4 is 16.4 Å². The summed E-state index contributed by atoms with van der Waals surface area (Å²) in [5, 5.41) is 26.7. The lowest BCUT2D eigenvalue weighted by molar-refractivity contribution is -0.137. The maximum Gasteiger partial charge on any atom is 0.481 e. The molecule has 8 unspecified atom stereocenters. The van der Waals surface area contributed by atoms with Gasteiger partial charge < -0.3 is 50.9 Å². The number of imidazole rings is 1. The van der Waals surface area contributed by atoms with E-state index in [0.717, 1.165) is 54.2 Å². The SMILES string of the molecule is CCCCCCCCCCCC(C)CCCCCCCCCC(=O)SCCNC(=O)CCNC(=O)C(O)C(C)(C)COP(=O)(O)OP(=O)(O)OCC1OC(n2cnc3c(N)ncnc32)C(O)C1OP(=O)(O)O. The van der Waals surface area contributed by atoms with Gasteiger partial charge in [-0.05, 0) is 12.3 Å². The predicted octanol–water partition coefficient (Wildman–Crippen LogP) is 6.73. The second kappa shape index (κ2) is 32.2. The average molecular weight is 1100 g/mol. The zero-order valence-corrected chi connectivity index (χ0v) is 45.6. The summed E-state index contributed by atoms with van der Waals surface area (Å²) in [5.74, 6) is -0.208. The van der Waals surface area contributed by atoms with Crippen molar-refractivity contribution in [2.75, 3.05) is 37.8 Å². The second-order valence-corrected chi connectivity index (χ2v) is 24.4. The Morgan fingerprint density at radius 3 is 2.03 bits per heavy atom. The fourth-order valence-electron chi connectivity index (χ4n) is 7.96. The summed E-state index contributed by atoms with van der Waals surface area (Å²) >= 11 is 1.16. The monoisotopic (exact) mass is 1100 g/mol. The Hall–Kier alpha value is -2.44. The van der Waals surface area contributed by atoms with Gasteiger partial charge >= 0.3 is 23.5 Å². The Labute approximate surface area is 426 Å². The lowest BCUT2D eigenvalue weighted by Gasteiger charge is -2.30. The first-order valence-electron chi connectivity index (χ1n) is 25.0. The normalized spacial score (nSPS) is 20.0. The van der Waals surface area contributed by atoms with Crippen LogP contribution in [0.2, 0.25) is 0 Å². The lowest BCUT2D eigenvalue weighted by Crippen LogP contribution is -2.46. The molecule has 3 rings (SSSR count). The van der Waals surface area contributed by atoms with E-state index in [1.165, 1.54) is 110 Å². The van der Waals surface area contributed by atoms with Gasteiger partial charge in [-0.3, -0.25) is 32.5 Å². The van der Waals surface area contributed by atoms with Gasteiger partial charge in [0.05, 0.1) is 19.5 Å². The van der Waals surface area contributed by atoms with Crippen LogP contribution in [0.5, 0.6) is 0 Å². The third-order valence-corrected chi connectivity index (χ3v) is 16.2. The third kappa shape index (κ3) is 24.5. The smallest absolute Gasteiger partial charge is 0.386 e. The summed E-state index contributed by atoms with van der Waals surface area (Å²) in [6, 6.07) is 0. The number of thioether (sulfide) groups is 1. The molecule has 0 aromatic carbocycles. The third-order valence-electron chi connectivity index (χ3n) is 12.1. The number of hydrogen-bond donors (Lipinski definition) is 9. The molecular formula is C44H80N7O17P3S. The maximum absolute atomic E-state index is 12.8. The highest BCUT2D eigenvalue weighted by molar-refractivity contribution is 8.13. The molecule has 0 saturated carbocycles. The van der Waals surface area contributed by atoms with Gasteiger partial charge in [0.15, 0.2) is 22.8 Å². The van der Waals surface area contributed by atoms with Crippen molar-refractivity contribution in [2.45, 2.75) is 187 Å². The zero-order valence-electron chi connectivity index (χ0n) is 42.1. The molecule has 1 fully saturated rings. The summed E-state index contributed by atoms with van der Waals surface area (Å²) < 4.78 is 62.5. The fourth-order valence-corrected chi connectivity index (χ4v) is 11.5. The Morgan fingerprint density at radius 2 is 1.42 bits per heavy atom. The highest BCUT2D eigenvalue weighted by Gasteiger charge is 2.50. The first-order valence-corrected chi connectivity index (χ1v) is 30.5. The number of carbonyl (C=O) groups excluding carboxylic acids is 3. The largest absolute Gasteiger partial charge is 0.481 e. The summed E-state index contributed by atoms with van der Waals surface area (Å²) in [5.41, 5.74) is 4.30. The first kappa shape index (κ1) is 63.8. The number of unbranched alkanes of at least 4 members (excludes halogenated alkanes) is 14. The van der Waals surface area contributed by atoms with E-state index in [0.29, 0.717) is 12.2 Å². The molecule has 24 nitrogen and oxygen atoms in total. The molecule has 1 saturated heterocycles. The Bertz CT molecular complexity index is 2100. The van der Waals surface area contributed by atoms with E-state index in [1.807, 2.05) is 0 Å². The van der Waals surface area contributed by atoms with E-state index in [2.05, 4.69) is 48.3 Å². The number of nitrogens with one attached hydrogen (secondary N) is 2. The molecule has 10 N–H and O–H groups in total. The number of nitrogens with two attached hydrogens (primary N) is 1. The molecular weight excluding hydrogens is 1020 g/mol. The minimum atomic E-state index is -5.58. The Morgan fingerprint density at radius 1 is 0.833 bits per heavy atom. The number of amides is 2. The van der Waals surface area contributed by atoms with Crippen molar-refractivity contribution in [2.24, 2.45) is 11.3 Å². The van der Waals surface area contributed by atoms with Gasteiger partial charge in [-0.1, -0.05) is 149 Å². The molecule has 1 aliphatic heterocycles. The highest BCUT2D eigenvalue weighted by Crippen LogP contribution is 2.61. The molecule has 3 heterocycles. The lowest BCUT2D eigenvalue weighted by atomic mass is 9.87. The van der Waals surface area contributed by atoms with Crippen molar-refractivity contribution in [3.63, 3.8) is 0 Å². The van der Waals surface area contributed by atoms with E-state index >= 15 is 0 Å². The summed E-state index contributed by atoms with van der Waals surface area (Å²) in [6.07, 6.45) is 16.6. The van der Waals surface area contributed by atoms with Crippen LogP contribution in [-0.4, -0.2) is 123 Å². The van der Waals surface area contributed by atoms with Crippen molar-refractivity contribution in [3.8, 4) is 0 Å². The number of phosphoric ester groups is 3. The van der Waals surface area contributed by atoms with Crippen molar-refractivity contribution < 1.29 is 80.5 Å². The fraction of sp³-hybridized carbons (Fsp3) is 0.818. The van der Waals surface area contributed by atoms with Crippen molar-refractivity contribution >= 4 is 69.1 Å². The van der Waals surface area contributed by atoms with E-state index in [-0.39, 0.29) is 41.6 Å². The first-order chi connectivity index (χ1) is 33.9. The van der Waals surface area contributed by atoms with E-state index in [4.69, 9.17) is 19.5 Å². The highest BCUT2D eigenvalue weighted by atomic mass is 32.2. The van der Waals surface area contributed by atoms with Crippen LogP contribution in [0.1, 0.15) is 162 Å². The zero-order chi connectivity index (χ0) is 53.4. The number of carbonyl (C=O) groups is 3. The van der Waals surface area contributed by atoms with Gasteiger partial charge in [0.25, 0.3) is 0 Å². The number of nitrogens with zero attached hydrogens (tertiary/aromatic N) is 4. The van der Waals surface area contributed by atoms with Crippen LogP contribution in [0, 0.1) is 11.3 Å². The number of nitrogen functional groups attached to an aromatic ring is 1. The number of rotatable bonds is 39. The predicted molar refractivity (Wildman–Crippen MR) is 270 cm³/mol. The van der Waals surface area contributed by atoms with Crippen molar-refractivity contribution in [3.05, 3.63) is 12.7 Å². The Kier molecular flexibility index (Phi) is 28.6. The number of anilines is 1. The molecule has 0 spiro atoms. The number of aliphatic hydroxyl groups excluding tert-OH is 2. The number of aromatic nitrogens is 4. The minimum absolute atomic E-state index is 0.0343. The maximum atomic E-state index is 12.8. The van der Waals surface area contributed by atoms with Crippen LogP contribution in [0.3, 0.4) is 0 Å². The van der Waals surface area contributed by atoms with Crippen LogP contribution in [0.25, 0.3) is 11.2 Å². The van der Waals surface area contributed by atoms with Crippen LogP contribution >= 0.6 is 35.2 Å². The van der Waals surface area contributed by atoms with Crippen LogP contribution in [0.15, 0.2) is 12.7 Å². The van der Waals surface area contributed by atoms with Gasteiger partial charge in [0.1, 0.15) is 36.3 Å². The number of ether oxygens (including phenoxy) is 1. The van der Waals surface area contributed by atoms with Crippen molar-refractivity contribution in [1.29, 1.82) is 0 Å². The van der Waals surface area contributed by atoms with E-state index in [1.54, 1.807) is 0 Å². The summed E-state index contributed by atoms with van der Waals surface area (Å²) in [6.45, 7) is 5.23. The van der Waals surface area contributed by atoms with Gasteiger partial charge in [-0.2, -0.15) is 4.31 Å². The number of fused-ring (bicyclic) bond motifs is 1. The minimum Gasteiger partial charge on any atom is -0.386 e. The molecule has 8 atom stereocenters. The van der Waals surface area contributed by atoms with Gasteiger partial charge in [0.2, 0.25) is 11.8 Å². The Balaban J connectivity index is 1.25. The van der Waals surface area contributed by atoms with Gasteiger partial charge in [-0.25, -0.2) is 28.6 Å². The topological polar surface area (TPSA) is 364 Å². The molecule has 0 aliphatic carbocycles. The molecule has 0 radical (unpaired) electrons. The van der Waals surface area contributed by atoms with E-state index < -0.39 is 84.6 Å². The quantitative estimate of drug-likeness (QED) is 0.0247. The summed E-state index contributed by atoms with van der Waals surface area (Å²) in [7, 11) is -16.4. The molecule has 414 valence electrons. The van der Waals surface area contributed by atoms with E-state index in [9.17, 15) is 57.9 Å². The molecule has 2 aromatic rings. The van der Waals surface area contributed by atoms with Crippen LogP contribution in [-0.2, 0) is 50.7 Å². The molecule has 1 aliphatic rings. The molecule has 28 heteroatoms.